The predicted octanol–water partition coefficient (Wildman–Crippen LogP) is 5.68. The Labute approximate surface area is 186 Å². The van der Waals surface area contributed by atoms with Gasteiger partial charge in [0.25, 0.3) is 0 Å². The average Bonchev–Trinajstić information content (AvgIpc) is 3.07. The zero-order chi connectivity index (χ0) is 18.7. The number of nitrogens with one attached hydrogen (secondary N) is 2. The highest BCUT2D eigenvalue weighted by atomic mass is 35.5. The monoisotopic (exact) mass is 444 g/mol. The van der Waals surface area contributed by atoms with Crippen molar-refractivity contribution >= 4 is 36.4 Å². The second-order valence-corrected chi connectivity index (χ2v) is 8.48. The fourth-order valence-corrected chi connectivity index (χ4v) is 3.80. The van der Waals surface area contributed by atoms with Crippen LogP contribution in [-0.2, 0) is 12.0 Å². The van der Waals surface area contributed by atoms with Gasteiger partial charge in [-0.1, -0.05) is 56.6 Å². The molecule has 2 aromatic rings. The molecule has 28 heavy (non-hydrogen) atoms. The molecule has 0 radical (unpaired) electrons. The standard InChI is InChI=1S/C22H29ClN2O.2ClH/c1-22(2,3)17-8-9-20(26-4)16(12-17)14-25-19-10-11-24-21(19)15-6-5-7-18(23)13-15;;/h5-9,12-13,19,21,24-25H,10-11,14H2,1-4H3;2*1H/t19-,21-;;/m0../s1. The van der Waals surface area contributed by atoms with Crippen LogP contribution in [0.2, 0.25) is 5.02 Å². The van der Waals surface area contributed by atoms with Crippen LogP contribution in [0.3, 0.4) is 0 Å². The fraction of sp³-hybridized carbons (Fsp3) is 0.455. The van der Waals surface area contributed by atoms with Gasteiger partial charge in [-0.25, -0.2) is 0 Å². The molecule has 3 rings (SSSR count). The minimum absolute atomic E-state index is 0. The van der Waals surface area contributed by atoms with E-state index in [1.807, 2.05) is 12.1 Å². The summed E-state index contributed by atoms with van der Waals surface area (Å²) in [6.45, 7) is 8.51. The number of hydrogen-bond donors (Lipinski definition) is 2. The summed E-state index contributed by atoms with van der Waals surface area (Å²) >= 11 is 6.18. The topological polar surface area (TPSA) is 33.3 Å². The Morgan fingerprint density at radius 1 is 1.14 bits per heavy atom. The summed E-state index contributed by atoms with van der Waals surface area (Å²) in [5, 5.41) is 8.12. The zero-order valence-electron chi connectivity index (χ0n) is 16.9. The lowest BCUT2D eigenvalue weighted by Gasteiger charge is -2.24. The van der Waals surface area contributed by atoms with Crippen molar-refractivity contribution in [1.29, 1.82) is 0 Å². The van der Waals surface area contributed by atoms with Gasteiger partial charge in [-0.15, -0.1) is 24.8 Å². The van der Waals surface area contributed by atoms with Gasteiger partial charge in [-0.05, 0) is 47.7 Å². The van der Waals surface area contributed by atoms with Gasteiger partial charge in [0.1, 0.15) is 5.75 Å². The van der Waals surface area contributed by atoms with Crippen LogP contribution in [0.1, 0.15) is 49.9 Å². The highest BCUT2D eigenvalue weighted by Gasteiger charge is 2.28. The number of hydrogen-bond acceptors (Lipinski definition) is 3. The van der Waals surface area contributed by atoms with E-state index in [9.17, 15) is 0 Å². The molecule has 156 valence electrons. The third-order valence-electron chi connectivity index (χ3n) is 5.13. The van der Waals surface area contributed by atoms with E-state index >= 15 is 0 Å². The first kappa shape index (κ1) is 25.1. The summed E-state index contributed by atoms with van der Waals surface area (Å²) in [6, 6.07) is 15.3. The number of halogens is 3. The number of methoxy groups -OCH3 is 1. The zero-order valence-corrected chi connectivity index (χ0v) is 19.3. The summed E-state index contributed by atoms with van der Waals surface area (Å²) in [7, 11) is 1.74. The van der Waals surface area contributed by atoms with E-state index in [4.69, 9.17) is 16.3 Å². The maximum Gasteiger partial charge on any atom is 0.123 e. The molecule has 0 saturated carbocycles. The van der Waals surface area contributed by atoms with Gasteiger partial charge >= 0.3 is 0 Å². The number of rotatable bonds is 5. The Balaban J connectivity index is 0.00000196. The first-order valence-corrected chi connectivity index (χ1v) is 9.66. The van der Waals surface area contributed by atoms with Crippen molar-refractivity contribution in [2.24, 2.45) is 0 Å². The molecule has 2 atom stereocenters. The quantitative estimate of drug-likeness (QED) is 0.621. The minimum Gasteiger partial charge on any atom is -0.496 e. The molecule has 0 amide bonds. The largest absolute Gasteiger partial charge is 0.496 e. The Bertz CT molecular complexity index is 762. The molecule has 3 nitrogen and oxygen atoms in total. The molecule has 1 aliphatic rings. The van der Waals surface area contributed by atoms with E-state index in [0.717, 1.165) is 30.3 Å². The van der Waals surface area contributed by atoms with Crippen LogP contribution in [0.4, 0.5) is 0 Å². The summed E-state index contributed by atoms with van der Waals surface area (Å²) in [5.41, 5.74) is 3.89. The second-order valence-electron chi connectivity index (χ2n) is 8.04. The lowest BCUT2D eigenvalue weighted by molar-refractivity contribution is 0.400. The first-order chi connectivity index (χ1) is 12.4. The van der Waals surface area contributed by atoms with Crippen molar-refractivity contribution in [1.82, 2.24) is 10.6 Å². The maximum atomic E-state index is 6.18. The molecule has 2 aromatic carbocycles. The molecule has 0 bridgehead atoms. The third kappa shape index (κ3) is 6.01. The minimum atomic E-state index is 0. The molecular formula is C22H31Cl3N2O. The van der Waals surface area contributed by atoms with E-state index in [2.05, 4.69) is 61.7 Å². The molecule has 1 aliphatic heterocycles. The van der Waals surface area contributed by atoms with Crippen molar-refractivity contribution in [3.05, 3.63) is 64.2 Å². The normalized spacial score (nSPS) is 18.9. The molecule has 6 heteroatoms. The molecule has 0 aromatic heterocycles. The van der Waals surface area contributed by atoms with Gasteiger partial charge in [0, 0.05) is 29.2 Å². The molecule has 2 N–H and O–H groups in total. The van der Waals surface area contributed by atoms with Crippen LogP contribution in [0.5, 0.6) is 5.75 Å². The lowest BCUT2D eigenvalue weighted by Crippen LogP contribution is -2.34. The fourth-order valence-electron chi connectivity index (χ4n) is 3.60. The van der Waals surface area contributed by atoms with Gasteiger partial charge in [0.15, 0.2) is 0 Å². The molecule has 1 heterocycles. The second kappa shape index (κ2) is 10.7. The van der Waals surface area contributed by atoms with Crippen LogP contribution in [0, 0.1) is 0 Å². The summed E-state index contributed by atoms with van der Waals surface area (Å²) in [5.74, 6) is 0.941. The van der Waals surface area contributed by atoms with Crippen molar-refractivity contribution < 1.29 is 4.74 Å². The summed E-state index contributed by atoms with van der Waals surface area (Å²) in [6.07, 6.45) is 1.10. The Kier molecular flexibility index (Phi) is 9.58. The summed E-state index contributed by atoms with van der Waals surface area (Å²) in [4.78, 5) is 0. The number of ether oxygens (including phenoxy) is 1. The molecule has 0 spiro atoms. The van der Waals surface area contributed by atoms with Gasteiger partial charge in [0.05, 0.1) is 7.11 Å². The van der Waals surface area contributed by atoms with Crippen LogP contribution in [0.15, 0.2) is 42.5 Å². The summed E-state index contributed by atoms with van der Waals surface area (Å²) < 4.78 is 5.58. The van der Waals surface area contributed by atoms with Crippen molar-refractivity contribution in [2.45, 2.75) is 51.2 Å². The molecule has 0 aliphatic carbocycles. The average molecular weight is 446 g/mol. The van der Waals surface area contributed by atoms with E-state index in [1.54, 1.807) is 7.11 Å². The van der Waals surface area contributed by atoms with Crippen molar-refractivity contribution in [3.63, 3.8) is 0 Å². The van der Waals surface area contributed by atoms with Crippen molar-refractivity contribution in [2.75, 3.05) is 13.7 Å². The maximum absolute atomic E-state index is 6.18. The Morgan fingerprint density at radius 3 is 2.54 bits per heavy atom. The molecular weight excluding hydrogens is 415 g/mol. The Hall–Kier alpha value is -0.970. The first-order valence-electron chi connectivity index (χ1n) is 9.28. The van der Waals surface area contributed by atoms with Crippen LogP contribution >= 0.6 is 36.4 Å². The van der Waals surface area contributed by atoms with E-state index < -0.39 is 0 Å². The predicted molar refractivity (Wildman–Crippen MR) is 124 cm³/mol. The van der Waals surface area contributed by atoms with Gasteiger partial charge in [0.2, 0.25) is 0 Å². The Morgan fingerprint density at radius 2 is 1.89 bits per heavy atom. The number of benzene rings is 2. The van der Waals surface area contributed by atoms with Crippen LogP contribution in [0.25, 0.3) is 0 Å². The van der Waals surface area contributed by atoms with E-state index in [-0.39, 0.29) is 36.3 Å². The lowest BCUT2D eigenvalue weighted by atomic mass is 9.86. The molecule has 1 saturated heterocycles. The SMILES string of the molecule is COc1ccc(C(C)(C)C)cc1CN[C@H]1CCN[C@H]1c1cccc(Cl)c1.Cl.Cl. The molecule has 0 unspecified atom stereocenters. The van der Waals surface area contributed by atoms with E-state index in [0.29, 0.717) is 6.04 Å². The third-order valence-corrected chi connectivity index (χ3v) is 5.37. The van der Waals surface area contributed by atoms with Gasteiger partial charge in [-0.3, -0.25) is 0 Å². The smallest absolute Gasteiger partial charge is 0.123 e. The van der Waals surface area contributed by atoms with Gasteiger partial charge in [-0.2, -0.15) is 0 Å². The molecule has 1 fully saturated rings. The van der Waals surface area contributed by atoms with Crippen LogP contribution < -0.4 is 15.4 Å². The highest BCUT2D eigenvalue weighted by Crippen LogP contribution is 2.30. The van der Waals surface area contributed by atoms with Gasteiger partial charge < -0.3 is 15.4 Å². The van der Waals surface area contributed by atoms with Crippen LogP contribution in [-0.4, -0.2) is 19.7 Å². The van der Waals surface area contributed by atoms with Crippen molar-refractivity contribution in [3.8, 4) is 5.75 Å². The highest BCUT2D eigenvalue weighted by molar-refractivity contribution is 6.30. The van der Waals surface area contributed by atoms with E-state index in [1.165, 1.54) is 16.7 Å².